The van der Waals surface area contributed by atoms with Crippen LogP contribution in [0.4, 0.5) is 9.80 Å². The summed E-state index contributed by atoms with van der Waals surface area (Å²) >= 11 is 3.17. The second kappa shape index (κ2) is 6.97. The van der Waals surface area contributed by atoms with Crippen LogP contribution in [0, 0.1) is 13.8 Å². The van der Waals surface area contributed by atoms with Crippen LogP contribution in [0.1, 0.15) is 22.3 Å². The van der Waals surface area contributed by atoms with Gasteiger partial charge in [0.2, 0.25) is 0 Å². The highest BCUT2D eigenvalue weighted by atomic mass is 32.1. The lowest BCUT2D eigenvalue weighted by molar-refractivity contribution is 0.250. The molecule has 120 valence electrons. The van der Waals surface area contributed by atoms with Gasteiger partial charge < -0.3 is 5.32 Å². The van der Waals surface area contributed by atoms with Gasteiger partial charge in [-0.25, -0.2) is 4.79 Å². The molecule has 0 aliphatic heterocycles. The highest BCUT2D eigenvalue weighted by Crippen LogP contribution is 2.24. The number of rotatable bonds is 5. The Morgan fingerprint density at radius 2 is 2.04 bits per heavy atom. The molecular formula is C16H18N4OS2. The SMILES string of the molecule is Cc1cc(C)n(C(CNC(=O)Nc2cccs2)c2cccs2)n1. The van der Waals surface area contributed by atoms with E-state index in [9.17, 15) is 4.79 Å². The number of hydrogen-bond acceptors (Lipinski definition) is 4. The van der Waals surface area contributed by atoms with Gasteiger partial charge in [-0.3, -0.25) is 10.00 Å². The molecule has 2 N–H and O–H groups in total. The van der Waals surface area contributed by atoms with Gasteiger partial charge in [0.1, 0.15) is 6.04 Å². The molecule has 3 heterocycles. The number of nitrogens with zero attached hydrogens (tertiary/aromatic N) is 2. The first-order chi connectivity index (χ1) is 11.1. The number of amides is 2. The summed E-state index contributed by atoms with van der Waals surface area (Å²) in [6, 6.07) is 9.72. The van der Waals surface area contributed by atoms with Gasteiger partial charge in [-0.2, -0.15) is 5.10 Å². The maximum Gasteiger partial charge on any atom is 0.319 e. The lowest BCUT2D eigenvalue weighted by atomic mass is 10.2. The predicted octanol–water partition coefficient (Wildman–Crippen LogP) is 4.03. The third-order valence-corrected chi connectivity index (χ3v) is 5.18. The summed E-state index contributed by atoms with van der Waals surface area (Å²) < 4.78 is 1.98. The van der Waals surface area contributed by atoms with Crippen molar-refractivity contribution in [2.75, 3.05) is 11.9 Å². The van der Waals surface area contributed by atoms with Gasteiger partial charge in [0.15, 0.2) is 0 Å². The van der Waals surface area contributed by atoms with E-state index in [1.165, 1.54) is 16.2 Å². The molecule has 7 heteroatoms. The fourth-order valence-corrected chi connectivity index (χ4v) is 3.87. The van der Waals surface area contributed by atoms with Crippen molar-refractivity contribution in [3.05, 3.63) is 57.4 Å². The van der Waals surface area contributed by atoms with Crippen molar-refractivity contribution in [1.82, 2.24) is 15.1 Å². The van der Waals surface area contributed by atoms with Crippen molar-refractivity contribution in [2.24, 2.45) is 0 Å². The molecule has 1 unspecified atom stereocenters. The van der Waals surface area contributed by atoms with Crippen molar-refractivity contribution in [2.45, 2.75) is 19.9 Å². The first-order valence-electron chi connectivity index (χ1n) is 7.28. The molecule has 0 aromatic carbocycles. The van der Waals surface area contributed by atoms with Crippen molar-refractivity contribution in [3.8, 4) is 0 Å². The monoisotopic (exact) mass is 346 g/mol. The molecule has 0 aliphatic carbocycles. The van der Waals surface area contributed by atoms with Crippen molar-refractivity contribution >= 4 is 33.7 Å². The molecule has 0 aliphatic rings. The summed E-state index contributed by atoms with van der Waals surface area (Å²) in [5, 5.41) is 15.2. The Labute approximate surface area is 143 Å². The number of thiophene rings is 2. The average molecular weight is 346 g/mol. The smallest absolute Gasteiger partial charge is 0.319 e. The van der Waals surface area contributed by atoms with Crippen LogP contribution in [-0.4, -0.2) is 22.4 Å². The first kappa shape index (κ1) is 15.8. The molecule has 3 aromatic rings. The Kier molecular flexibility index (Phi) is 4.78. The van der Waals surface area contributed by atoms with Crippen LogP contribution in [0.5, 0.6) is 0 Å². The fraction of sp³-hybridized carbons (Fsp3) is 0.250. The second-order valence-corrected chi connectivity index (χ2v) is 7.14. The highest BCUT2D eigenvalue weighted by Gasteiger charge is 2.19. The molecule has 23 heavy (non-hydrogen) atoms. The highest BCUT2D eigenvalue weighted by molar-refractivity contribution is 7.14. The third kappa shape index (κ3) is 3.80. The van der Waals surface area contributed by atoms with Gasteiger partial charge in [0.05, 0.1) is 10.7 Å². The molecule has 2 amide bonds. The molecule has 5 nitrogen and oxygen atoms in total. The number of hydrogen-bond donors (Lipinski definition) is 2. The van der Waals surface area contributed by atoms with Crippen LogP contribution in [0.2, 0.25) is 0 Å². The van der Waals surface area contributed by atoms with Crippen LogP contribution < -0.4 is 10.6 Å². The normalized spacial score (nSPS) is 12.1. The van der Waals surface area contributed by atoms with Crippen LogP contribution in [0.15, 0.2) is 41.1 Å². The minimum absolute atomic E-state index is 0.00205. The van der Waals surface area contributed by atoms with Crippen molar-refractivity contribution < 1.29 is 4.79 Å². The third-order valence-electron chi connectivity index (χ3n) is 3.43. The second-order valence-electron chi connectivity index (χ2n) is 5.22. The number of carbonyl (C=O) groups is 1. The van der Waals surface area contributed by atoms with Crippen LogP contribution >= 0.6 is 22.7 Å². The Morgan fingerprint density at radius 3 is 2.65 bits per heavy atom. The number of urea groups is 1. The molecule has 0 saturated heterocycles. The Balaban J connectivity index is 1.72. The largest absolute Gasteiger partial charge is 0.335 e. The van der Waals surface area contributed by atoms with E-state index < -0.39 is 0 Å². The average Bonchev–Trinajstić information content (AvgIpc) is 3.23. The van der Waals surface area contributed by atoms with E-state index in [1.807, 2.05) is 53.6 Å². The molecule has 3 rings (SSSR count). The lowest BCUT2D eigenvalue weighted by Gasteiger charge is -2.19. The molecule has 0 saturated carbocycles. The van der Waals surface area contributed by atoms with E-state index in [0.29, 0.717) is 6.54 Å². The van der Waals surface area contributed by atoms with Gasteiger partial charge in [-0.15, -0.1) is 22.7 Å². The van der Waals surface area contributed by atoms with Gasteiger partial charge in [-0.1, -0.05) is 6.07 Å². The molecule has 0 bridgehead atoms. The fourth-order valence-electron chi connectivity index (χ4n) is 2.45. The zero-order valence-electron chi connectivity index (χ0n) is 12.9. The summed E-state index contributed by atoms with van der Waals surface area (Å²) in [5.41, 5.74) is 2.06. The molecule has 0 spiro atoms. The van der Waals surface area contributed by atoms with Gasteiger partial charge >= 0.3 is 6.03 Å². The zero-order chi connectivity index (χ0) is 16.2. The summed E-state index contributed by atoms with van der Waals surface area (Å²) in [4.78, 5) is 13.2. The first-order valence-corrected chi connectivity index (χ1v) is 9.04. The molecule has 1 atom stereocenters. The maximum absolute atomic E-state index is 12.1. The standard InChI is InChI=1S/C16H18N4OS2/c1-11-9-12(2)20(19-11)13(14-5-3-7-22-14)10-17-16(21)18-15-6-4-8-23-15/h3-9,13H,10H2,1-2H3,(H2,17,18,21). The van der Waals surface area contributed by atoms with E-state index >= 15 is 0 Å². The number of anilines is 1. The topological polar surface area (TPSA) is 59.0 Å². The van der Waals surface area contributed by atoms with Crippen molar-refractivity contribution in [1.29, 1.82) is 0 Å². The van der Waals surface area contributed by atoms with E-state index in [0.717, 1.165) is 16.4 Å². The van der Waals surface area contributed by atoms with Gasteiger partial charge in [-0.05, 0) is 48.9 Å². The van der Waals surface area contributed by atoms with E-state index in [1.54, 1.807) is 11.3 Å². The molecule has 0 radical (unpaired) electrons. The number of carbonyl (C=O) groups excluding carboxylic acids is 1. The van der Waals surface area contributed by atoms with Crippen LogP contribution in [0.25, 0.3) is 0 Å². The number of aryl methyl sites for hydroxylation is 2. The summed E-state index contributed by atoms with van der Waals surface area (Å²) in [6.07, 6.45) is 0. The lowest BCUT2D eigenvalue weighted by Crippen LogP contribution is -2.34. The van der Waals surface area contributed by atoms with E-state index in [4.69, 9.17) is 0 Å². The van der Waals surface area contributed by atoms with Crippen LogP contribution in [0.3, 0.4) is 0 Å². The molecular weight excluding hydrogens is 328 g/mol. The van der Waals surface area contributed by atoms with Crippen molar-refractivity contribution in [3.63, 3.8) is 0 Å². The summed E-state index contributed by atoms with van der Waals surface area (Å²) in [7, 11) is 0. The Hall–Kier alpha value is -2.12. The van der Waals surface area contributed by atoms with E-state index in [2.05, 4.69) is 21.8 Å². The minimum atomic E-state index is -0.199. The van der Waals surface area contributed by atoms with Gasteiger partial charge in [0.25, 0.3) is 0 Å². The summed E-state index contributed by atoms with van der Waals surface area (Å²) in [6.45, 7) is 4.50. The zero-order valence-corrected chi connectivity index (χ0v) is 14.6. The molecule has 3 aromatic heterocycles. The van der Waals surface area contributed by atoms with Gasteiger partial charge in [0, 0.05) is 17.1 Å². The quantitative estimate of drug-likeness (QED) is 0.733. The maximum atomic E-state index is 12.1. The van der Waals surface area contributed by atoms with E-state index in [-0.39, 0.29) is 12.1 Å². The predicted molar refractivity (Wildman–Crippen MR) is 95.5 cm³/mol. The Morgan fingerprint density at radius 1 is 1.26 bits per heavy atom. The Bertz CT molecular complexity index is 762. The van der Waals surface area contributed by atoms with Crippen LogP contribution in [-0.2, 0) is 0 Å². The molecule has 0 fully saturated rings. The minimum Gasteiger partial charge on any atom is -0.335 e. The number of aromatic nitrogens is 2. The summed E-state index contributed by atoms with van der Waals surface area (Å²) in [5.74, 6) is 0. The number of nitrogens with one attached hydrogen (secondary N) is 2.